The van der Waals surface area contributed by atoms with Crippen LogP contribution in [0.1, 0.15) is 34.1 Å². The van der Waals surface area contributed by atoms with E-state index in [4.69, 9.17) is 0 Å². The van der Waals surface area contributed by atoms with Crippen LogP contribution in [0.4, 0.5) is 10.5 Å². The van der Waals surface area contributed by atoms with Crippen LogP contribution in [0.3, 0.4) is 0 Å². The third kappa shape index (κ3) is 6.42. The van der Waals surface area contributed by atoms with Gasteiger partial charge in [-0.05, 0) is 58.7 Å². The lowest BCUT2D eigenvalue weighted by Gasteiger charge is -2.39. The van der Waals surface area contributed by atoms with E-state index >= 15 is 0 Å². The Kier molecular flexibility index (Phi) is 9.42. The smallest absolute Gasteiger partial charge is 0.324 e. The molecule has 11 heteroatoms. The topological polar surface area (TPSA) is 112 Å². The first-order valence-electron chi connectivity index (χ1n) is 15.0. The van der Waals surface area contributed by atoms with E-state index in [0.29, 0.717) is 54.9 Å². The van der Waals surface area contributed by atoms with Crippen molar-refractivity contribution in [1.82, 2.24) is 29.9 Å². The van der Waals surface area contributed by atoms with Gasteiger partial charge in [-0.25, -0.2) is 4.79 Å². The molecule has 0 saturated carbocycles. The Labute approximate surface area is 252 Å². The fourth-order valence-corrected chi connectivity index (χ4v) is 5.95. The summed E-state index contributed by atoms with van der Waals surface area (Å²) < 4.78 is 0. The molecule has 11 nitrogen and oxygen atoms in total. The van der Waals surface area contributed by atoms with Crippen LogP contribution in [-0.4, -0.2) is 127 Å². The van der Waals surface area contributed by atoms with Gasteiger partial charge in [0.1, 0.15) is 0 Å². The van der Waals surface area contributed by atoms with E-state index in [9.17, 15) is 19.2 Å². The number of Topliss-reactive ketones (excluding diaryl/α,β-unsaturated/α-hetero) is 1. The molecule has 2 aromatic carbocycles. The number of amides is 4. The standard InChI is InChI=1S/C32H41N7O4/c1-23-22-37(30(41)24-9-5-4-6-10-24)18-19-38(23)31(42)29(40)26-21-34-28-25(26)11-7-12-27(28)39-20-17-36(32(39)43)16-15-35(3)14-8-13-33-2/h4-7,9-12,21,23,33-34H,8,13-20,22H2,1-3H3. The van der Waals surface area contributed by atoms with E-state index in [1.54, 1.807) is 39.1 Å². The number of para-hydroxylation sites is 1. The number of nitrogens with zero attached hydrogens (tertiary/aromatic N) is 5. The van der Waals surface area contributed by atoms with Gasteiger partial charge in [0.25, 0.3) is 17.6 Å². The molecule has 1 aromatic heterocycles. The summed E-state index contributed by atoms with van der Waals surface area (Å²) in [5.74, 6) is -1.27. The second-order valence-electron chi connectivity index (χ2n) is 11.4. The Balaban J connectivity index is 1.24. The second-order valence-corrected chi connectivity index (χ2v) is 11.4. The maximum absolute atomic E-state index is 13.5. The second kappa shape index (κ2) is 13.4. The zero-order valence-electron chi connectivity index (χ0n) is 25.2. The zero-order chi connectivity index (χ0) is 30.5. The number of hydrogen-bond acceptors (Lipinski definition) is 6. The number of aromatic nitrogens is 1. The summed E-state index contributed by atoms with van der Waals surface area (Å²) in [4.78, 5) is 65.4. The molecule has 2 fully saturated rings. The van der Waals surface area contributed by atoms with Gasteiger partial charge in [-0.3, -0.25) is 19.3 Å². The highest BCUT2D eigenvalue weighted by atomic mass is 16.2. The molecule has 4 amide bonds. The van der Waals surface area contributed by atoms with E-state index in [2.05, 4.69) is 22.2 Å². The Morgan fingerprint density at radius 3 is 2.53 bits per heavy atom. The molecule has 2 aliphatic heterocycles. The van der Waals surface area contributed by atoms with Crippen molar-refractivity contribution in [2.24, 2.45) is 0 Å². The predicted octanol–water partition coefficient (Wildman–Crippen LogP) is 2.51. The van der Waals surface area contributed by atoms with Crippen molar-refractivity contribution in [1.29, 1.82) is 0 Å². The fraction of sp³-hybridized carbons (Fsp3) is 0.438. The van der Waals surface area contributed by atoms with Gasteiger partial charge in [0.05, 0.1) is 16.8 Å². The van der Waals surface area contributed by atoms with Crippen LogP contribution >= 0.6 is 0 Å². The third-order valence-corrected chi connectivity index (χ3v) is 8.43. The van der Waals surface area contributed by atoms with E-state index in [0.717, 1.165) is 26.1 Å². The molecule has 2 N–H and O–H groups in total. The third-order valence-electron chi connectivity index (χ3n) is 8.43. The van der Waals surface area contributed by atoms with Gasteiger partial charge in [-0.15, -0.1) is 0 Å². The summed E-state index contributed by atoms with van der Waals surface area (Å²) in [6.07, 6.45) is 2.61. The number of carbonyl (C=O) groups is 4. The number of rotatable bonds is 11. The minimum absolute atomic E-state index is 0.0635. The van der Waals surface area contributed by atoms with Crippen LogP contribution in [0.2, 0.25) is 0 Å². The number of likely N-dealkylation sites (N-methyl/N-ethyl adjacent to an activating group) is 1. The maximum atomic E-state index is 13.5. The van der Waals surface area contributed by atoms with Crippen LogP contribution in [-0.2, 0) is 4.79 Å². The Hall–Kier alpha value is -4.22. The molecule has 1 atom stereocenters. The van der Waals surface area contributed by atoms with Crippen LogP contribution < -0.4 is 10.2 Å². The van der Waals surface area contributed by atoms with Gasteiger partial charge < -0.3 is 29.9 Å². The average Bonchev–Trinajstić information content (AvgIpc) is 3.62. The lowest BCUT2D eigenvalue weighted by Crippen LogP contribution is -2.56. The summed E-state index contributed by atoms with van der Waals surface area (Å²) in [5.41, 5.74) is 2.24. The average molecular weight is 588 g/mol. The van der Waals surface area contributed by atoms with Gasteiger partial charge in [0.15, 0.2) is 0 Å². The first-order chi connectivity index (χ1) is 20.8. The largest absolute Gasteiger partial charge is 0.359 e. The summed E-state index contributed by atoms with van der Waals surface area (Å²) >= 11 is 0. The molecule has 5 rings (SSSR count). The van der Waals surface area contributed by atoms with Gasteiger partial charge in [0, 0.05) is 69.0 Å². The number of ketones is 1. The molecule has 2 aliphatic rings. The molecule has 228 valence electrons. The monoisotopic (exact) mass is 587 g/mol. The quantitative estimate of drug-likeness (QED) is 0.203. The van der Waals surface area contributed by atoms with E-state index in [-0.39, 0.29) is 30.1 Å². The van der Waals surface area contributed by atoms with E-state index < -0.39 is 11.7 Å². The van der Waals surface area contributed by atoms with E-state index in [1.165, 1.54) is 0 Å². The highest BCUT2D eigenvalue weighted by Crippen LogP contribution is 2.31. The number of benzene rings is 2. The van der Waals surface area contributed by atoms with Crippen molar-refractivity contribution in [3.05, 3.63) is 65.9 Å². The SMILES string of the molecule is CNCCCN(C)CCN1CCN(c2cccc3c(C(=O)C(=O)N4CCN(C(=O)c5ccccc5)CC4C)c[nH]c23)C1=O. The summed E-state index contributed by atoms with van der Waals surface area (Å²) in [6, 6.07) is 14.2. The van der Waals surface area contributed by atoms with Crippen molar-refractivity contribution >= 4 is 40.2 Å². The Bertz CT molecular complexity index is 1470. The van der Waals surface area contributed by atoms with E-state index in [1.807, 2.05) is 49.2 Å². The minimum Gasteiger partial charge on any atom is -0.359 e. The number of carbonyl (C=O) groups excluding carboxylic acids is 4. The number of nitrogens with one attached hydrogen (secondary N) is 2. The molecule has 3 aromatic rings. The zero-order valence-corrected chi connectivity index (χ0v) is 25.2. The Morgan fingerprint density at radius 2 is 1.79 bits per heavy atom. The summed E-state index contributed by atoms with van der Waals surface area (Å²) in [5, 5.41) is 3.76. The predicted molar refractivity (Wildman–Crippen MR) is 167 cm³/mol. The van der Waals surface area contributed by atoms with Crippen LogP contribution in [0.5, 0.6) is 0 Å². The van der Waals surface area contributed by atoms with Gasteiger partial charge >= 0.3 is 6.03 Å². The number of hydrogen-bond donors (Lipinski definition) is 2. The normalized spacial score (nSPS) is 17.4. The molecular formula is C32H41N7O4. The van der Waals surface area contributed by atoms with Crippen molar-refractivity contribution in [3.8, 4) is 0 Å². The van der Waals surface area contributed by atoms with Crippen molar-refractivity contribution in [2.75, 3.05) is 77.9 Å². The van der Waals surface area contributed by atoms with Crippen molar-refractivity contribution < 1.29 is 19.2 Å². The molecule has 43 heavy (non-hydrogen) atoms. The minimum atomic E-state index is -0.603. The van der Waals surface area contributed by atoms with Crippen LogP contribution in [0, 0.1) is 0 Å². The maximum Gasteiger partial charge on any atom is 0.324 e. The molecule has 2 saturated heterocycles. The number of urea groups is 1. The van der Waals surface area contributed by atoms with Crippen molar-refractivity contribution in [2.45, 2.75) is 19.4 Å². The molecule has 0 spiro atoms. The number of piperazine rings is 1. The lowest BCUT2D eigenvalue weighted by atomic mass is 10.1. The summed E-state index contributed by atoms with van der Waals surface area (Å²) in [6.45, 7) is 7.38. The van der Waals surface area contributed by atoms with Crippen LogP contribution in [0.25, 0.3) is 10.9 Å². The Morgan fingerprint density at radius 1 is 1.00 bits per heavy atom. The summed E-state index contributed by atoms with van der Waals surface area (Å²) in [7, 11) is 4.01. The number of fused-ring (bicyclic) bond motifs is 1. The molecule has 0 bridgehead atoms. The molecular weight excluding hydrogens is 546 g/mol. The number of aromatic amines is 1. The highest BCUT2D eigenvalue weighted by Gasteiger charge is 2.35. The van der Waals surface area contributed by atoms with Crippen molar-refractivity contribution in [3.63, 3.8) is 0 Å². The van der Waals surface area contributed by atoms with Gasteiger partial charge in [0.2, 0.25) is 0 Å². The molecule has 1 unspecified atom stereocenters. The molecule has 3 heterocycles. The lowest BCUT2D eigenvalue weighted by molar-refractivity contribution is -0.130. The fourth-order valence-electron chi connectivity index (χ4n) is 5.95. The molecule has 0 radical (unpaired) electrons. The highest BCUT2D eigenvalue weighted by molar-refractivity contribution is 6.45. The molecule has 0 aliphatic carbocycles. The number of anilines is 1. The first kappa shape index (κ1) is 30.2. The van der Waals surface area contributed by atoms with Gasteiger partial charge in [-0.1, -0.05) is 30.3 Å². The van der Waals surface area contributed by atoms with Crippen LogP contribution in [0.15, 0.2) is 54.7 Å². The van der Waals surface area contributed by atoms with Gasteiger partial charge in [-0.2, -0.15) is 0 Å². The first-order valence-corrected chi connectivity index (χ1v) is 15.0. The number of H-pyrrole nitrogens is 1.